The van der Waals surface area contributed by atoms with Gasteiger partial charge in [0, 0.05) is 36.9 Å². The number of anilines is 1. The fraction of sp³-hybridized carbons (Fsp3) is 0.381. The summed E-state index contributed by atoms with van der Waals surface area (Å²) in [7, 11) is 0. The summed E-state index contributed by atoms with van der Waals surface area (Å²) in [5.74, 6) is 0.836. The second-order valence-electron chi connectivity index (χ2n) is 6.59. The number of guanidine groups is 1. The maximum atomic E-state index is 12.6. The van der Waals surface area contributed by atoms with E-state index in [9.17, 15) is 8.78 Å². The van der Waals surface area contributed by atoms with Crippen LogP contribution in [0, 0.1) is 0 Å². The first-order valence-corrected chi connectivity index (χ1v) is 9.53. The zero-order valence-electron chi connectivity index (χ0n) is 15.9. The van der Waals surface area contributed by atoms with Crippen molar-refractivity contribution < 1.29 is 13.5 Å². The Morgan fingerprint density at radius 1 is 1.18 bits per heavy atom. The molecule has 1 saturated heterocycles. The van der Waals surface area contributed by atoms with Gasteiger partial charge in [0.25, 0.3) is 0 Å². The molecule has 1 atom stereocenters. The second kappa shape index (κ2) is 9.92. The van der Waals surface area contributed by atoms with Crippen LogP contribution < -0.4 is 20.3 Å². The van der Waals surface area contributed by atoms with Crippen molar-refractivity contribution in [3.05, 3.63) is 60.2 Å². The first-order valence-electron chi connectivity index (χ1n) is 9.53. The molecule has 5 nitrogen and oxygen atoms in total. The summed E-state index contributed by atoms with van der Waals surface area (Å²) in [5.41, 5.74) is 1.84. The molecule has 7 heteroatoms. The molecule has 28 heavy (non-hydrogen) atoms. The fourth-order valence-electron chi connectivity index (χ4n) is 3.27. The van der Waals surface area contributed by atoms with Gasteiger partial charge in [0.1, 0.15) is 5.75 Å². The van der Waals surface area contributed by atoms with Crippen molar-refractivity contribution in [2.24, 2.45) is 4.99 Å². The zero-order valence-corrected chi connectivity index (χ0v) is 15.9. The van der Waals surface area contributed by atoms with E-state index in [1.807, 2.05) is 25.1 Å². The highest BCUT2D eigenvalue weighted by molar-refractivity contribution is 5.80. The molecule has 1 fully saturated rings. The molecule has 0 bridgehead atoms. The van der Waals surface area contributed by atoms with Crippen LogP contribution >= 0.6 is 0 Å². The minimum absolute atomic E-state index is 0.160. The molecule has 1 aliphatic heterocycles. The number of aliphatic imine (C=N–C) groups is 1. The van der Waals surface area contributed by atoms with E-state index in [1.54, 1.807) is 18.2 Å². The second-order valence-corrected chi connectivity index (χ2v) is 6.59. The quantitative estimate of drug-likeness (QED) is 0.562. The van der Waals surface area contributed by atoms with Crippen molar-refractivity contribution in [3.8, 4) is 5.75 Å². The summed E-state index contributed by atoms with van der Waals surface area (Å²) in [6.45, 7) is 1.99. The number of alkyl halides is 2. The third-order valence-electron chi connectivity index (χ3n) is 4.59. The number of nitrogens with zero attached hydrogens (tertiary/aromatic N) is 2. The molecule has 0 saturated carbocycles. The Hall–Kier alpha value is -2.83. The third-order valence-corrected chi connectivity index (χ3v) is 4.59. The topological polar surface area (TPSA) is 48.9 Å². The standard InChI is InChI=1S/C21H26F2N4O/c1-2-24-21(25-14-16-8-6-7-11-19(16)28-20(22)23)26-17-12-13-27(15-17)18-9-4-3-5-10-18/h3-11,17,20H,2,12-15H2,1H3,(H2,24,25,26). The number of halogens is 2. The average molecular weight is 388 g/mol. The molecule has 0 spiro atoms. The van der Waals surface area contributed by atoms with E-state index in [0.29, 0.717) is 11.5 Å². The van der Waals surface area contributed by atoms with Gasteiger partial charge in [-0.25, -0.2) is 4.99 Å². The van der Waals surface area contributed by atoms with Crippen molar-refractivity contribution in [1.82, 2.24) is 10.6 Å². The first-order chi connectivity index (χ1) is 13.7. The van der Waals surface area contributed by atoms with Gasteiger partial charge in [-0.3, -0.25) is 0 Å². The molecule has 0 radical (unpaired) electrons. The van der Waals surface area contributed by atoms with E-state index in [1.165, 1.54) is 11.8 Å². The Morgan fingerprint density at radius 2 is 1.93 bits per heavy atom. The Bertz CT molecular complexity index is 770. The smallest absolute Gasteiger partial charge is 0.387 e. The van der Waals surface area contributed by atoms with Crippen LogP contribution in [0.15, 0.2) is 59.6 Å². The SMILES string of the molecule is CCNC(=NCc1ccccc1OC(F)F)NC1CCN(c2ccccc2)C1. The minimum atomic E-state index is -2.85. The summed E-state index contributed by atoms with van der Waals surface area (Å²) in [6, 6.07) is 17.3. The van der Waals surface area contributed by atoms with Crippen LogP contribution in [0.4, 0.5) is 14.5 Å². The highest BCUT2D eigenvalue weighted by Gasteiger charge is 2.23. The molecular formula is C21H26F2N4O. The number of hydrogen-bond donors (Lipinski definition) is 2. The molecule has 3 rings (SSSR count). The van der Waals surface area contributed by atoms with Crippen LogP contribution in [0.2, 0.25) is 0 Å². The Labute approximate surface area is 164 Å². The molecule has 2 aromatic rings. The van der Waals surface area contributed by atoms with Crippen molar-refractivity contribution in [1.29, 1.82) is 0 Å². The van der Waals surface area contributed by atoms with Gasteiger partial charge in [-0.2, -0.15) is 8.78 Å². The Kier molecular flexibility index (Phi) is 7.06. The Balaban J connectivity index is 1.62. The van der Waals surface area contributed by atoms with E-state index in [4.69, 9.17) is 0 Å². The zero-order chi connectivity index (χ0) is 19.8. The molecule has 1 heterocycles. The molecule has 0 amide bonds. The lowest BCUT2D eigenvalue weighted by molar-refractivity contribution is -0.0504. The van der Waals surface area contributed by atoms with Crippen LogP contribution in [0.3, 0.4) is 0 Å². The van der Waals surface area contributed by atoms with E-state index >= 15 is 0 Å². The summed E-state index contributed by atoms with van der Waals surface area (Å²) in [6.07, 6.45) is 1.00. The largest absolute Gasteiger partial charge is 0.434 e. The van der Waals surface area contributed by atoms with Crippen LogP contribution in [0.1, 0.15) is 18.9 Å². The van der Waals surface area contributed by atoms with Crippen LogP contribution in [-0.4, -0.2) is 38.2 Å². The summed E-state index contributed by atoms with van der Waals surface area (Å²) < 4.78 is 29.7. The van der Waals surface area contributed by atoms with Crippen LogP contribution in [-0.2, 0) is 6.54 Å². The summed E-state index contributed by atoms with van der Waals surface area (Å²) in [4.78, 5) is 6.90. The van der Waals surface area contributed by atoms with Crippen molar-refractivity contribution >= 4 is 11.6 Å². The molecule has 0 aromatic heterocycles. The lowest BCUT2D eigenvalue weighted by atomic mass is 10.2. The third kappa shape index (κ3) is 5.58. The van der Waals surface area contributed by atoms with Crippen molar-refractivity contribution in [2.45, 2.75) is 32.5 Å². The maximum absolute atomic E-state index is 12.6. The van der Waals surface area contributed by atoms with Gasteiger partial charge in [0.05, 0.1) is 6.54 Å². The minimum Gasteiger partial charge on any atom is -0.434 e. The molecular weight excluding hydrogens is 362 g/mol. The van der Waals surface area contributed by atoms with Gasteiger partial charge in [-0.1, -0.05) is 36.4 Å². The van der Waals surface area contributed by atoms with E-state index in [2.05, 4.69) is 37.4 Å². The fourth-order valence-corrected chi connectivity index (χ4v) is 3.27. The normalized spacial score (nSPS) is 17.1. The highest BCUT2D eigenvalue weighted by atomic mass is 19.3. The molecule has 0 aliphatic carbocycles. The average Bonchev–Trinajstić information content (AvgIpc) is 3.16. The van der Waals surface area contributed by atoms with E-state index in [0.717, 1.165) is 26.1 Å². The van der Waals surface area contributed by atoms with Gasteiger partial charge in [-0.05, 0) is 31.5 Å². The maximum Gasteiger partial charge on any atom is 0.387 e. The van der Waals surface area contributed by atoms with Gasteiger partial charge in [0.2, 0.25) is 0 Å². The number of para-hydroxylation sites is 2. The number of rotatable bonds is 7. The molecule has 150 valence electrons. The summed E-state index contributed by atoms with van der Waals surface area (Å²) in [5, 5.41) is 6.68. The predicted molar refractivity (Wildman–Crippen MR) is 108 cm³/mol. The monoisotopic (exact) mass is 388 g/mol. The van der Waals surface area contributed by atoms with Gasteiger partial charge >= 0.3 is 6.61 Å². The highest BCUT2D eigenvalue weighted by Crippen LogP contribution is 2.22. The van der Waals surface area contributed by atoms with Crippen LogP contribution in [0.25, 0.3) is 0 Å². The number of benzene rings is 2. The van der Waals surface area contributed by atoms with Crippen molar-refractivity contribution in [2.75, 3.05) is 24.5 Å². The van der Waals surface area contributed by atoms with Gasteiger partial charge in [0.15, 0.2) is 5.96 Å². The van der Waals surface area contributed by atoms with E-state index < -0.39 is 6.61 Å². The molecule has 1 unspecified atom stereocenters. The van der Waals surface area contributed by atoms with E-state index in [-0.39, 0.29) is 18.3 Å². The lowest BCUT2D eigenvalue weighted by Gasteiger charge is -2.20. The molecule has 2 aromatic carbocycles. The van der Waals surface area contributed by atoms with Crippen LogP contribution in [0.5, 0.6) is 5.75 Å². The lowest BCUT2D eigenvalue weighted by Crippen LogP contribution is -2.44. The Morgan fingerprint density at radius 3 is 2.68 bits per heavy atom. The van der Waals surface area contributed by atoms with Gasteiger partial charge in [-0.15, -0.1) is 0 Å². The number of nitrogens with one attached hydrogen (secondary N) is 2. The van der Waals surface area contributed by atoms with Gasteiger partial charge < -0.3 is 20.3 Å². The first kappa shape index (κ1) is 19.9. The molecule has 2 N–H and O–H groups in total. The number of hydrogen-bond acceptors (Lipinski definition) is 3. The molecule has 1 aliphatic rings. The van der Waals surface area contributed by atoms with Crippen molar-refractivity contribution in [3.63, 3.8) is 0 Å². The number of ether oxygens (including phenoxy) is 1. The summed E-state index contributed by atoms with van der Waals surface area (Å²) >= 11 is 0. The predicted octanol–water partition coefficient (Wildman–Crippen LogP) is 3.62.